The summed E-state index contributed by atoms with van der Waals surface area (Å²) in [7, 11) is 4.25. The maximum Gasteiger partial charge on any atom is 0.137 e. The van der Waals surface area contributed by atoms with Crippen LogP contribution in [0.1, 0.15) is 17.8 Å². The number of nitrogens with zero attached hydrogens (tertiary/aromatic N) is 4. The fourth-order valence-corrected chi connectivity index (χ4v) is 2.30. The Morgan fingerprint density at radius 2 is 2.00 bits per heavy atom. The van der Waals surface area contributed by atoms with E-state index >= 15 is 0 Å². The maximum atomic E-state index is 5.90. The van der Waals surface area contributed by atoms with Crippen LogP contribution in [0.15, 0.2) is 0 Å². The standard InChI is InChI=1S/C12H21N5/c1-8-11(13)14-9(2)15-12(8)17-6-5-10(7-17)16(3)4/h10H,5-7H2,1-4H3,(H2,13,14,15). The number of anilines is 2. The smallest absolute Gasteiger partial charge is 0.137 e. The third-order valence-electron chi connectivity index (χ3n) is 3.46. The van der Waals surface area contributed by atoms with E-state index in [0.29, 0.717) is 11.9 Å². The largest absolute Gasteiger partial charge is 0.383 e. The van der Waals surface area contributed by atoms with Gasteiger partial charge in [0.1, 0.15) is 17.5 Å². The van der Waals surface area contributed by atoms with Crippen LogP contribution < -0.4 is 10.6 Å². The Morgan fingerprint density at radius 1 is 1.29 bits per heavy atom. The molecule has 1 aromatic heterocycles. The molecular formula is C12H21N5. The highest BCUT2D eigenvalue weighted by atomic mass is 15.3. The van der Waals surface area contributed by atoms with Crippen molar-refractivity contribution >= 4 is 11.6 Å². The van der Waals surface area contributed by atoms with Crippen molar-refractivity contribution in [2.75, 3.05) is 37.8 Å². The summed E-state index contributed by atoms with van der Waals surface area (Å²) in [4.78, 5) is 13.3. The number of nitrogens with two attached hydrogens (primary N) is 1. The van der Waals surface area contributed by atoms with Crippen LogP contribution in [-0.4, -0.2) is 48.1 Å². The quantitative estimate of drug-likeness (QED) is 0.822. The normalized spacial score (nSPS) is 20.3. The van der Waals surface area contributed by atoms with Gasteiger partial charge in [-0.2, -0.15) is 0 Å². The molecule has 2 N–H and O–H groups in total. The number of rotatable bonds is 2. The van der Waals surface area contributed by atoms with Crippen LogP contribution in [0.2, 0.25) is 0 Å². The van der Waals surface area contributed by atoms with Crippen molar-refractivity contribution in [3.05, 3.63) is 11.4 Å². The van der Waals surface area contributed by atoms with Gasteiger partial charge in [-0.25, -0.2) is 9.97 Å². The van der Waals surface area contributed by atoms with Gasteiger partial charge < -0.3 is 15.5 Å². The van der Waals surface area contributed by atoms with Crippen LogP contribution in [-0.2, 0) is 0 Å². The summed E-state index contributed by atoms with van der Waals surface area (Å²) in [6.45, 7) is 5.94. The molecule has 0 saturated carbocycles. The molecule has 1 unspecified atom stereocenters. The highest BCUT2D eigenvalue weighted by Gasteiger charge is 2.26. The van der Waals surface area contributed by atoms with Gasteiger partial charge in [0.15, 0.2) is 0 Å². The summed E-state index contributed by atoms with van der Waals surface area (Å²) < 4.78 is 0. The number of hydrogen-bond donors (Lipinski definition) is 1. The average molecular weight is 235 g/mol. The molecule has 0 spiro atoms. The second-order valence-electron chi connectivity index (χ2n) is 4.96. The first-order chi connectivity index (χ1) is 7.99. The van der Waals surface area contributed by atoms with Crippen LogP contribution >= 0.6 is 0 Å². The molecule has 0 amide bonds. The van der Waals surface area contributed by atoms with Gasteiger partial charge in [-0.15, -0.1) is 0 Å². The molecular weight excluding hydrogens is 214 g/mol. The Labute approximate surface area is 103 Å². The molecule has 17 heavy (non-hydrogen) atoms. The zero-order valence-electron chi connectivity index (χ0n) is 11.1. The molecule has 5 heteroatoms. The van der Waals surface area contributed by atoms with Gasteiger partial charge in [-0.1, -0.05) is 0 Å². The Balaban J connectivity index is 2.24. The monoisotopic (exact) mass is 235 g/mol. The molecule has 1 aromatic rings. The van der Waals surface area contributed by atoms with E-state index in [2.05, 4.69) is 33.9 Å². The van der Waals surface area contributed by atoms with Crippen molar-refractivity contribution in [1.29, 1.82) is 0 Å². The third kappa shape index (κ3) is 2.34. The first kappa shape index (κ1) is 12.1. The molecule has 1 aliphatic rings. The molecule has 94 valence electrons. The summed E-state index contributed by atoms with van der Waals surface area (Å²) in [6.07, 6.45) is 1.18. The fraction of sp³-hybridized carbons (Fsp3) is 0.667. The SMILES string of the molecule is Cc1nc(N)c(C)c(N2CCC(N(C)C)C2)n1. The summed E-state index contributed by atoms with van der Waals surface area (Å²) >= 11 is 0. The van der Waals surface area contributed by atoms with E-state index in [4.69, 9.17) is 5.73 Å². The first-order valence-corrected chi connectivity index (χ1v) is 6.01. The Bertz CT molecular complexity index is 416. The molecule has 0 aromatic carbocycles. The van der Waals surface area contributed by atoms with Crippen molar-refractivity contribution < 1.29 is 0 Å². The van der Waals surface area contributed by atoms with Crippen molar-refractivity contribution in [2.45, 2.75) is 26.3 Å². The number of aromatic nitrogens is 2. The van der Waals surface area contributed by atoms with Crippen molar-refractivity contribution in [3.8, 4) is 0 Å². The summed E-state index contributed by atoms with van der Waals surface area (Å²) in [5, 5.41) is 0. The van der Waals surface area contributed by atoms with E-state index in [9.17, 15) is 0 Å². The van der Waals surface area contributed by atoms with E-state index in [1.807, 2.05) is 13.8 Å². The van der Waals surface area contributed by atoms with Crippen molar-refractivity contribution in [2.24, 2.45) is 0 Å². The molecule has 0 aliphatic carbocycles. The molecule has 2 rings (SSSR count). The van der Waals surface area contributed by atoms with Gasteiger partial charge >= 0.3 is 0 Å². The Kier molecular flexibility index (Phi) is 3.19. The number of nitrogen functional groups attached to an aromatic ring is 1. The minimum Gasteiger partial charge on any atom is -0.383 e. The molecule has 0 radical (unpaired) electrons. The lowest BCUT2D eigenvalue weighted by Gasteiger charge is -2.22. The lowest BCUT2D eigenvalue weighted by Crippen LogP contribution is -2.32. The maximum absolute atomic E-state index is 5.90. The van der Waals surface area contributed by atoms with Crippen molar-refractivity contribution in [1.82, 2.24) is 14.9 Å². The minimum absolute atomic E-state index is 0.598. The number of aryl methyl sites for hydroxylation is 1. The van der Waals surface area contributed by atoms with E-state index in [1.54, 1.807) is 0 Å². The molecule has 1 saturated heterocycles. The zero-order valence-corrected chi connectivity index (χ0v) is 11.1. The Hall–Kier alpha value is -1.36. The van der Waals surface area contributed by atoms with Gasteiger partial charge in [0.2, 0.25) is 0 Å². The van der Waals surface area contributed by atoms with Crippen LogP contribution in [0.5, 0.6) is 0 Å². The number of hydrogen-bond acceptors (Lipinski definition) is 5. The zero-order chi connectivity index (χ0) is 12.6. The predicted molar refractivity (Wildman–Crippen MR) is 70.2 cm³/mol. The highest BCUT2D eigenvalue weighted by Crippen LogP contribution is 2.26. The van der Waals surface area contributed by atoms with Gasteiger partial charge in [0.25, 0.3) is 0 Å². The van der Waals surface area contributed by atoms with Gasteiger partial charge in [0, 0.05) is 24.7 Å². The third-order valence-corrected chi connectivity index (χ3v) is 3.46. The molecule has 1 fully saturated rings. The fourth-order valence-electron chi connectivity index (χ4n) is 2.30. The molecule has 1 atom stereocenters. The van der Waals surface area contributed by atoms with Crippen LogP contribution in [0.25, 0.3) is 0 Å². The summed E-state index contributed by atoms with van der Waals surface area (Å²) in [6, 6.07) is 0.603. The molecule has 1 aliphatic heterocycles. The van der Waals surface area contributed by atoms with Gasteiger partial charge in [-0.05, 0) is 34.4 Å². The number of likely N-dealkylation sites (N-methyl/N-ethyl adjacent to an activating group) is 1. The van der Waals surface area contributed by atoms with E-state index in [1.165, 1.54) is 6.42 Å². The Morgan fingerprint density at radius 3 is 2.59 bits per heavy atom. The van der Waals surface area contributed by atoms with Crippen LogP contribution in [0, 0.1) is 13.8 Å². The summed E-state index contributed by atoms with van der Waals surface area (Å²) in [5.41, 5.74) is 6.89. The van der Waals surface area contributed by atoms with Gasteiger partial charge in [-0.3, -0.25) is 0 Å². The predicted octanol–water partition coefficient (Wildman–Crippen LogP) is 0.816. The highest BCUT2D eigenvalue weighted by molar-refractivity contribution is 5.57. The van der Waals surface area contributed by atoms with E-state index in [0.717, 1.165) is 30.3 Å². The lowest BCUT2D eigenvalue weighted by atomic mass is 10.2. The molecule has 0 bridgehead atoms. The van der Waals surface area contributed by atoms with E-state index in [-0.39, 0.29) is 0 Å². The first-order valence-electron chi connectivity index (χ1n) is 6.01. The van der Waals surface area contributed by atoms with Crippen LogP contribution in [0.4, 0.5) is 11.6 Å². The van der Waals surface area contributed by atoms with Crippen LogP contribution in [0.3, 0.4) is 0 Å². The average Bonchev–Trinajstić information content (AvgIpc) is 2.72. The van der Waals surface area contributed by atoms with Gasteiger partial charge in [0.05, 0.1) is 0 Å². The topological polar surface area (TPSA) is 58.3 Å². The minimum atomic E-state index is 0.598. The van der Waals surface area contributed by atoms with E-state index < -0.39 is 0 Å². The lowest BCUT2D eigenvalue weighted by molar-refractivity contribution is 0.315. The molecule has 2 heterocycles. The van der Waals surface area contributed by atoms with Crippen molar-refractivity contribution in [3.63, 3.8) is 0 Å². The second-order valence-corrected chi connectivity index (χ2v) is 4.96. The second kappa shape index (κ2) is 4.49. The summed E-state index contributed by atoms with van der Waals surface area (Å²) in [5.74, 6) is 2.34. The molecule has 5 nitrogen and oxygen atoms in total.